The highest BCUT2D eigenvalue weighted by Gasteiger charge is 2.16. The summed E-state index contributed by atoms with van der Waals surface area (Å²) >= 11 is 0. The zero-order valence-electron chi connectivity index (χ0n) is 12.0. The summed E-state index contributed by atoms with van der Waals surface area (Å²) in [5, 5.41) is 11.5. The highest BCUT2D eigenvalue weighted by Crippen LogP contribution is 2.03. The van der Waals surface area contributed by atoms with Gasteiger partial charge < -0.3 is 19.7 Å². The largest absolute Gasteiger partial charge is 0.472 e. The molecule has 0 saturated carbocycles. The van der Waals surface area contributed by atoms with E-state index in [1.807, 2.05) is 13.8 Å². The zero-order valence-corrected chi connectivity index (χ0v) is 12.0. The number of amides is 2. The molecule has 112 valence electrons. The summed E-state index contributed by atoms with van der Waals surface area (Å²) < 4.78 is 4.82. The first-order valence-electron chi connectivity index (χ1n) is 6.77. The Morgan fingerprint density at radius 3 is 2.75 bits per heavy atom. The van der Waals surface area contributed by atoms with E-state index < -0.39 is 0 Å². The van der Waals surface area contributed by atoms with Gasteiger partial charge in [-0.2, -0.15) is 0 Å². The first-order valence-corrected chi connectivity index (χ1v) is 6.77. The summed E-state index contributed by atoms with van der Waals surface area (Å²) in [6.07, 6.45) is 3.59. The molecule has 6 nitrogen and oxygen atoms in total. The van der Waals surface area contributed by atoms with E-state index in [0.717, 1.165) is 0 Å². The number of aliphatic hydroxyl groups is 1. The summed E-state index contributed by atoms with van der Waals surface area (Å²) in [5.74, 6) is -0.279. The van der Waals surface area contributed by atoms with Gasteiger partial charge in [0.1, 0.15) is 6.26 Å². The Bertz CT molecular complexity index is 415. The summed E-state index contributed by atoms with van der Waals surface area (Å²) in [7, 11) is 0. The number of furan rings is 1. The molecule has 0 aliphatic heterocycles. The second kappa shape index (κ2) is 8.37. The van der Waals surface area contributed by atoms with Crippen molar-refractivity contribution >= 4 is 11.8 Å². The first-order chi connectivity index (χ1) is 9.56. The topological polar surface area (TPSA) is 82.8 Å². The quantitative estimate of drug-likeness (QED) is 0.745. The lowest BCUT2D eigenvalue weighted by molar-refractivity contribution is -0.132. The molecule has 0 aromatic carbocycles. The predicted molar refractivity (Wildman–Crippen MR) is 74.2 cm³/mol. The van der Waals surface area contributed by atoms with Crippen molar-refractivity contribution in [1.29, 1.82) is 0 Å². The summed E-state index contributed by atoms with van der Waals surface area (Å²) in [4.78, 5) is 25.4. The number of nitrogens with zero attached hydrogens (tertiary/aromatic N) is 1. The Labute approximate surface area is 118 Å². The number of aliphatic hydroxyl groups excluding tert-OH is 1. The molecule has 0 bridgehead atoms. The van der Waals surface area contributed by atoms with Crippen LogP contribution in [0.5, 0.6) is 0 Å². The Morgan fingerprint density at radius 1 is 1.45 bits per heavy atom. The van der Waals surface area contributed by atoms with E-state index >= 15 is 0 Å². The fourth-order valence-corrected chi connectivity index (χ4v) is 1.83. The van der Waals surface area contributed by atoms with Gasteiger partial charge in [0.25, 0.3) is 5.91 Å². The number of nitrogens with one attached hydrogen (secondary N) is 1. The van der Waals surface area contributed by atoms with Crippen LogP contribution in [0.25, 0.3) is 0 Å². The molecule has 0 aliphatic rings. The van der Waals surface area contributed by atoms with E-state index in [2.05, 4.69) is 5.32 Å². The average Bonchev–Trinajstić information content (AvgIpc) is 2.92. The molecule has 0 aliphatic carbocycles. The fraction of sp³-hybridized carbons (Fsp3) is 0.571. The molecule has 2 amide bonds. The molecular weight excluding hydrogens is 260 g/mol. The molecule has 1 rings (SSSR count). The van der Waals surface area contributed by atoms with Crippen molar-refractivity contribution in [3.05, 3.63) is 24.2 Å². The minimum Gasteiger partial charge on any atom is -0.472 e. The van der Waals surface area contributed by atoms with E-state index in [9.17, 15) is 9.59 Å². The van der Waals surface area contributed by atoms with Crippen molar-refractivity contribution in [2.24, 2.45) is 0 Å². The van der Waals surface area contributed by atoms with Crippen molar-refractivity contribution in [3.63, 3.8) is 0 Å². The predicted octanol–water partition coefficient (Wildman–Crippen LogP) is 1.02. The van der Waals surface area contributed by atoms with Crippen LogP contribution in [0.15, 0.2) is 23.0 Å². The van der Waals surface area contributed by atoms with Crippen LogP contribution >= 0.6 is 0 Å². The van der Waals surface area contributed by atoms with Crippen molar-refractivity contribution in [2.45, 2.75) is 32.7 Å². The minimum atomic E-state index is -0.252. The van der Waals surface area contributed by atoms with Gasteiger partial charge in [0.05, 0.1) is 11.8 Å². The lowest BCUT2D eigenvalue weighted by atomic mass is 10.2. The summed E-state index contributed by atoms with van der Waals surface area (Å²) in [6.45, 7) is 4.74. The molecule has 1 aromatic heterocycles. The van der Waals surface area contributed by atoms with E-state index in [0.29, 0.717) is 18.5 Å². The van der Waals surface area contributed by atoms with Gasteiger partial charge in [0.15, 0.2) is 0 Å². The third-order valence-electron chi connectivity index (χ3n) is 2.91. The van der Waals surface area contributed by atoms with Gasteiger partial charge in [0, 0.05) is 32.2 Å². The highest BCUT2D eigenvalue weighted by molar-refractivity contribution is 5.94. The molecule has 0 unspecified atom stereocenters. The number of hydrogen-bond donors (Lipinski definition) is 2. The second-order valence-electron chi connectivity index (χ2n) is 4.78. The van der Waals surface area contributed by atoms with Gasteiger partial charge >= 0.3 is 0 Å². The smallest absolute Gasteiger partial charge is 0.254 e. The molecule has 1 aromatic rings. The van der Waals surface area contributed by atoms with Crippen molar-refractivity contribution in [3.8, 4) is 0 Å². The molecular formula is C14H22N2O4. The third kappa shape index (κ3) is 5.05. The van der Waals surface area contributed by atoms with Crippen molar-refractivity contribution in [1.82, 2.24) is 10.2 Å². The molecule has 0 atom stereocenters. The molecule has 0 saturated heterocycles. The minimum absolute atomic E-state index is 0.0269. The molecule has 2 N–H and O–H groups in total. The Morgan fingerprint density at radius 2 is 2.20 bits per heavy atom. The van der Waals surface area contributed by atoms with Crippen LogP contribution in [0.3, 0.4) is 0 Å². The molecule has 20 heavy (non-hydrogen) atoms. The van der Waals surface area contributed by atoms with Gasteiger partial charge in [-0.3, -0.25) is 9.59 Å². The Balaban J connectivity index is 2.35. The molecule has 1 heterocycles. The number of carbonyl (C=O) groups excluding carboxylic acids is 2. The van der Waals surface area contributed by atoms with E-state index in [1.165, 1.54) is 12.5 Å². The van der Waals surface area contributed by atoms with Gasteiger partial charge in [-0.15, -0.1) is 0 Å². The van der Waals surface area contributed by atoms with Crippen LogP contribution in [0, 0.1) is 0 Å². The maximum Gasteiger partial charge on any atom is 0.254 e. The molecule has 0 radical (unpaired) electrons. The van der Waals surface area contributed by atoms with Crippen LogP contribution < -0.4 is 5.32 Å². The van der Waals surface area contributed by atoms with Gasteiger partial charge in [-0.1, -0.05) is 0 Å². The Kier molecular flexibility index (Phi) is 6.79. The maximum absolute atomic E-state index is 12.0. The SMILES string of the molecule is CC(C)N(CCCO)C(=O)CCNC(=O)c1ccoc1. The normalized spacial score (nSPS) is 10.6. The zero-order chi connectivity index (χ0) is 15.0. The van der Waals surface area contributed by atoms with Crippen molar-refractivity contribution < 1.29 is 19.1 Å². The second-order valence-corrected chi connectivity index (χ2v) is 4.78. The number of hydrogen-bond acceptors (Lipinski definition) is 4. The van der Waals surface area contributed by atoms with Gasteiger partial charge in [0.2, 0.25) is 5.91 Å². The van der Waals surface area contributed by atoms with E-state index in [-0.39, 0.29) is 37.4 Å². The van der Waals surface area contributed by atoms with Crippen LogP contribution in [-0.4, -0.2) is 47.6 Å². The molecule has 0 spiro atoms. The summed E-state index contributed by atoms with van der Waals surface area (Å²) in [6, 6.07) is 1.65. The first kappa shape index (κ1) is 16.2. The number of rotatable bonds is 8. The number of carbonyl (C=O) groups is 2. The standard InChI is InChI=1S/C14H22N2O4/c1-11(2)16(7-3-8-17)13(18)4-6-15-14(19)12-5-9-20-10-12/h5,9-11,17H,3-4,6-8H2,1-2H3,(H,15,19). The van der Waals surface area contributed by atoms with Crippen LogP contribution in [0.2, 0.25) is 0 Å². The molecule has 6 heteroatoms. The lowest BCUT2D eigenvalue weighted by Crippen LogP contribution is -2.39. The summed E-state index contributed by atoms with van der Waals surface area (Å²) in [5.41, 5.74) is 0.443. The van der Waals surface area contributed by atoms with Crippen LogP contribution in [0.1, 0.15) is 37.0 Å². The van der Waals surface area contributed by atoms with Crippen LogP contribution in [0.4, 0.5) is 0 Å². The fourth-order valence-electron chi connectivity index (χ4n) is 1.83. The van der Waals surface area contributed by atoms with E-state index in [4.69, 9.17) is 9.52 Å². The monoisotopic (exact) mass is 282 g/mol. The van der Waals surface area contributed by atoms with Crippen LogP contribution in [-0.2, 0) is 4.79 Å². The van der Waals surface area contributed by atoms with Gasteiger partial charge in [-0.25, -0.2) is 0 Å². The van der Waals surface area contributed by atoms with Crippen molar-refractivity contribution in [2.75, 3.05) is 19.7 Å². The van der Waals surface area contributed by atoms with E-state index in [1.54, 1.807) is 11.0 Å². The maximum atomic E-state index is 12.0. The molecule has 0 fully saturated rings. The lowest BCUT2D eigenvalue weighted by Gasteiger charge is -2.26. The average molecular weight is 282 g/mol. The Hall–Kier alpha value is -1.82. The van der Waals surface area contributed by atoms with Gasteiger partial charge in [-0.05, 0) is 26.3 Å². The highest BCUT2D eigenvalue weighted by atomic mass is 16.3. The third-order valence-corrected chi connectivity index (χ3v) is 2.91.